The Balaban J connectivity index is 1.70. The first-order chi connectivity index (χ1) is 13.4. The lowest BCUT2D eigenvalue weighted by molar-refractivity contribution is -0.127. The number of nitrogens with one attached hydrogen (secondary N) is 1. The second-order valence-electron chi connectivity index (χ2n) is 5.72. The molecule has 3 rings (SSSR count). The van der Waals surface area contributed by atoms with E-state index < -0.39 is 29.4 Å². The van der Waals surface area contributed by atoms with Crippen LogP contribution in [0.3, 0.4) is 0 Å². The molecule has 28 heavy (non-hydrogen) atoms. The van der Waals surface area contributed by atoms with Crippen molar-refractivity contribution in [3.8, 4) is 5.75 Å². The number of hydrogen-bond acceptors (Lipinski definition) is 5. The van der Waals surface area contributed by atoms with Crippen LogP contribution in [0.15, 0.2) is 47.4 Å². The molecule has 0 aromatic heterocycles. The normalized spacial score (nSPS) is 15.2. The molecule has 0 atom stereocenters. The molecule has 144 valence electrons. The van der Waals surface area contributed by atoms with Gasteiger partial charge < -0.3 is 10.1 Å². The van der Waals surface area contributed by atoms with E-state index in [4.69, 9.17) is 16.3 Å². The van der Waals surface area contributed by atoms with Gasteiger partial charge >= 0.3 is 0 Å². The molecule has 1 N–H and O–H groups in total. The molecule has 3 amide bonds. The highest BCUT2D eigenvalue weighted by molar-refractivity contribution is 8.18. The molecule has 2 aromatic rings. The third kappa shape index (κ3) is 4.52. The number of carbonyl (C=O) groups is 3. The minimum Gasteiger partial charge on any atom is -0.497 e. The molecule has 0 aliphatic carbocycles. The summed E-state index contributed by atoms with van der Waals surface area (Å²) in [6.07, 6.45) is 1.56. The van der Waals surface area contributed by atoms with Gasteiger partial charge in [0.15, 0.2) is 0 Å². The first-order valence-electron chi connectivity index (χ1n) is 8.01. The first kappa shape index (κ1) is 19.9. The van der Waals surface area contributed by atoms with E-state index >= 15 is 0 Å². The van der Waals surface area contributed by atoms with Crippen molar-refractivity contribution in [3.05, 3.63) is 63.8 Å². The molecule has 0 spiro atoms. The standard InChI is InChI=1S/C19H14ClFN2O4S/c1-27-13-4-2-3-11(7-13)8-16-18(25)23(19(26)28-16)10-17(24)22-12-5-6-15(21)14(20)9-12/h2-9H,10H2,1H3,(H,22,24)/b16-8+. The molecule has 1 aliphatic rings. The number of methoxy groups -OCH3 is 1. The number of benzene rings is 2. The lowest BCUT2D eigenvalue weighted by atomic mass is 10.2. The molecule has 1 heterocycles. The molecule has 0 unspecified atom stereocenters. The average molecular weight is 421 g/mol. The zero-order chi connectivity index (χ0) is 20.3. The highest BCUT2D eigenvalue weighted by atomic mass is 35.5. The summed E-state index contributed by atoms with van der Waals surface area (Å²) in [5, 5.41) is 1.78. The van der Waals surface area contributed by atoms with Gasteiger partial charge in [-0.25, -0.2) is 4.39 Å². The van der Waals surface area contributed by atoms with Gasteiger partial charge in [0.1, 0.15) is 18.1 Å². The fourth-order valence-electron chi connectivity index (χ4n) is 2.44. The number of imide groups is 1. The lowest BCUT2D eigenvalue weighted by Gasteiger charge is -2.12. The minimum atomic E-state index is -0.617. The van der Waals surface area contributed by atoms with Crippen LogP contribution in [-0.2, 0) is 9.59 Å². The molecule has 1 fully saturated rings. The smallest absolute Gasteiger partial charge is 0.294 e. The molecule has 6 nitrogen and oxygen atoms in total. The third-order valence-electron chi connectivity index (χ3n) is 3.77. The van der Waals surface area contributed by atoms with Gasteiger partial charge in [0.2, 0.25) is 5.91 Å². The van der Waals surface area contributed by atoms with Crippen LogP contribution in [0.1, 0.15) is 5.56 Å². The second-order valence-corrected chi connectivity index (χ2v) is 7.12. The molecule has 0 saturated carbocycles. The molecular weight excluding hydrogens is 407 g/mol. The summed E-state index contributed by atoms with van der Waals surface area (Å²) in [5.74, 6) is -1.17. The first-order valence-corrected chi connectivity index (χ1v) is 9.21. The zero-order valence-corrected chi connectivity index (χ0v) is 16.1. The fraction of sp³-hybridized carbons (Fsp3) is 0.105. The molecule has 1 aliphatic heterocycles. The fourth-order valence-corrected chi connectivity index (χ4v) is 3.46. The molecule has 9 heteroatoms. The van der Waals surface area contributed by atoms with Gasteiger partial charge in [-0.3, -0.25) is 19.3 Å². The van der Waals surface area contributed by atoms with Crippen molar-refractivity contribution >= 4 is 52.2 Å². The Morgan fingerprint density at radius 1 is 1.29 bits per heavy atom. The Morgan fingerprint density at radius 2 is 2.07 bits per heavy atom. The number of amides is 3. The van der Waals surface area contributed by atoms with Gasteiger partial charge in [-0.05, 0) is 53.7 Å². The zero-order valence-electron chi connectivity index (χ0n) is 14.6. The van der Waals surface area contributed by atoms with Crippen LogP contribution in [0.25, 0.3) is 6.08 Å². The maximum atomic E-state index is 13.2. The maximum Gasteiger partial charge on any atom is 0.294 e. The van der Waals surface area contributed by atoms with Crippen molar-refractivity contribution in [1.29, 1.82) is 0 Å². The Kier molecular flexibility index (Phi) is 6.01. The Bertz CT molecular complexity index is 996. The van der Waals surface area contributed by atoms with E-state index in [1.807, 2.05) is 0 Å². The van der Waals surface area contributed by atoms with E-state index in [1.54, 1.807) is 30.3 Å². The van der Waals surface area contributed by atoms with E-state index in [-0.39, 0.29) is 15.6 Å². The predicted molar refractivity (Wildman–Crippen MR) is 106 cm³/mol. The SMILES string of the molecule is COc1cccc(/C=C2/SC(=O)N(CC(=O)Nc3ccc(F)c(Cl)c3)C2=O)c1. The summed E-state index contributed by atoms with van der Waals surface area (Å²) in [6.45, 7) is -0.463. The number of carbonyl (C=O) groups excluding carboxylic acids is 3. The quantitative estimate of drug-likeness (QED) is 0.735. The van der Waals surface area contributed by atoms with E-state index in [9.17, 15) is 18.8 Å². The van der Waals surface area contributed by atoms with Crippen molar-refractivity contribution in [2.24, 2.45) is 0 Å². The van der Waals surface area contributed by atoms with Crippen LogP contribution in [0, 0.1) is 5.82 Å². The summed E-state index contributed by atoms with van der Waals surface area (Å²) in [6, 6.07) is 10.7. The summed E-state index contributed by atoms with van der Waals surface area (Å²) in [4.78, 5) is 37.9. The number of ether oxygens (including phenoxy) is 1. The number of halogens is 2. The maximum absolute atomic E-state index is 13.2. The van der Waals surface area contributed by atoms with Crippen LogP contribution >= 0.6 is 23.4 Å². The van der Waals surface area contributed by atoms with Gasteiger partial charge in [0, 0.05) is 5.69 Å². The highest BCUT2D eigenvalue weighted by Crippen LogP contribution is 2.32. The molecule has 0 radical (unpaired) electrons. The van der Waals surface area contributed by atoms with Gasteiger partial charge in [-0.2, -0.15) is 0 Å². The van der Waals surface area contributed by atoms with Gasteiger partial charge in [0.25, 0.3) is 11.1 Å². The van der Waals surface area contributed by atoms with Gasteiger partial charge in [-0.15, -0.1) is 0 Å². The van der Waals surface area contributed by atoms with Crippen LogP contribution in [0.5, 0.6) is 5.75 Å². The molecule has 2 aromatic carbocycles. The summed E-state index contributed by atoms with van der Waals surface area (Å²) < 4.78 is 18.3. The number of nitrogens with zero attached hydrogens (tertiary/aromatic N) is 1. The van der Waals surface area contributed by atoms with Crippen molar-refractivity contribution in [2.75, 3.05) is 19.0 Å². The van der Waals surface area contributed by atoms with Crippen molar-refractivity contribution in [1.82, 2.24) is 4.90 Å². The Hall–Kier alpha value is -2.84. The number of anilines is 1. The van der Waals surface area contributed by atoms with E-state index in [2.05, 4.69) is 5.32 Å². The lowest BCUT2D eigenvalue weighted by Crippen LogP contribution is -2.36. The van der Waals surface area contributed by atoms with E-state index in [0.717, 1.165) is 22.7 Å². The molecular formula is C19H14ClFN2O4S. The number of thioether (sulfide) groups is 1. The Labute approximate surface area is 169 Å². The van der Waals surface area contributed by atoms with Crippen LogP contribution in [-0.4, -0.2) is 35.6 Å². The third-order valence-corrected chi connectivity index (χ3v) is 4.97. The van der Waals surface area contributed by atoms with Crippen molar-refractivity contribution in [3.63, 3.8) is 0 Å². The van der Waals surface area contributed by atoms with E-state index in [1.165, 1.54) is 19.2 Å². The average Bonchev–Trinajstić information content (AvgIpc) is 2.92. The monoisotopic (exact) mass is 420 g/mol. The Morgan fingerprint density at radius 3 is 2.79 bits per heavy atom. The van der Waals surface area contributed by atoms with Gasteiger partial charge in [-0.1, -0.05) is 23.7 Å². The van der Waals surface area contributed by atoms with Crippen LogP contribution in [0.2, 0.25) is 5.02 Å². The number of hydrogen-bond donors (Lipinski definition) is 1. The summed E-state index contributed by atoms with van der Waals surface area (Å²) in [7, 11) is 1.53. The van der Waals surface area contributed by atoms with Crippen molar-refractivity contribution in [2.45, 2.75) is 0 Å². The van der Waals surface area contributed by atoms with Gasteiger partial charge in [0.05, 0.1) is 17.0 Å². The summed E-state index contributed by atoms with van der Waals surface area (Å²) in [5.41, 5.74) is 0.950. The number of rotatable bonds is 5. The second kappa shape index (κ2) is 8.45. The largest absolute Gasteiger partial charge is 0.497 e. The van der Waals surface area contributed by atoms with E-state index in [0.29, 0.717) is 11.3 Å². The molecule has 1 saturated heterocycles. The van der Waals surface area contributed by atoms with Crippen LogP contribution in [0.4, 0.5) is 14.9 Å². The highest BCUT2D eigenvalue weighted by Gasteiger charge is 2.36. The van der Waals surface area contributed by atoms with Crippen LogP contribution < -0.4 is 10.1 Å². The van der Waals surface area contributed by atoms with Crippen molar-refractivity contribution < 1.29 is 23.5 Å². The molecule has 0 bridgehead atoms. The predicted octanol–water partition coefficient (Wildman–Crippen LogP) is 4.16. The minimum absolute atomic E-state index is 0.148. The topological polar surface area (TPSA) is 75.7 Å². The summed E-state index contributed by atoms with van der Waals surface area (Å²) >= 11 is 6.42.